The van der Waals surface area contributed by atoms with Crippen molar-refractivity contribution in [2.45, 2.75) is 19.9 Å². The number of nitrogens with zero attached hydrogens (tertiary/aromatic N) is 4. The van der Waals surface area contributed by atoms with Gasteiger partial charge in [0.05, 0.1) is 18.4 Å². The zero-order valence-electron chi connectivity index (χ0n) is 18.4. The molecule has 33 heavy (non-hydrogen) atoms. The molecule has 1 aromatic carbocycles. The lowest BCUT2D eigenvalue weighted by Crippen LogP contribution is -2.31. The quantitative estimate of drug-likeness (QED) is 0.477. The molecule has 0 fully saturated rings. The van der Waals surface area contributed by atoms with E-state index in [4.69, 9.17) is 14.3 Å². The number of carbonyl (C=O) groups is 1. The second kappa shape index (κ2) is 8.27. The number of furan rings is 1. The minimum atomic E-state index is -0.609. The predicted octanol–water partition coefficient (Wildman–Crippen LogP) is 4.18. The molecule has 0 aliphatic carbocycles. The number of benzene rings is 1. The lowest BCUT2D eigenvalue weighted by atomic mass is 10.00. The van der Waals surface area contributed by atoms with Crippen LogP contribution in [0.25, 0.3) is 11.4 Å². The van der Waals surface area contributed by atoms with Crippen molar-refractivity contribution in [2.24, 2.45) is 0 Å². The molecule has 0 spiro atoms. The molecule has 9 nitrogen and oxygen atoms in total. The van der Waals surface area contributed by atoms with Gasteiger partial charge >= 0.3 is 0 Å². The molecule has 0 bridgehead atoms. The molecule has 1 atom stereocenters. The number of amides is 1. The van der Waals surface area contributed by atoms with E-state index in [1.165, 1.54) is 0 Å². The third-order valence-electron chi connectivity index (χ3n) is 5.40. The summed E-state index contributed by atoms with van der Waals surface area (Å²) in [6.45, 7) is 3.70. The Labute approximate surface area is 190 Å². The second-order valence-electron chi connectivity index (χ2n) is 7.61. The number of hydrogen-bond donors (Lipinski definition) is 2. The molecule has 5 rings (SSSR count). The van der Waals surface area contributed by atoms with Gasteiger partial charge in [0.25, 0.3) is 5.91 Å². The molecular formula is C24H22N6O3. The Hall–Kier alpha value is -4.40. The molecule has 166 valence electrons. The van der Waals surface area contributed by atoms with Crippen molar-refractivity contribution < 1.29 is 13.9 Å². The number of fused-ring (bicyclic) bond motifs is 1. The van der Waals surface area contributed by atoms with Crippen LogP contribution < -0.4 is 15.4 Å². The highest BCUT2D eigenvalue weighted by molar-refractivity contribution is 6.06. The van der Waals surface area contributed by atoms with Gasteiger partial charge in [-0.3, -0.25) is 9.78 Å². The molecule has 0 saturated heterocycles. The van der Waals surface area contributed by atoms with E-state index in [1.807, 2.05) is 50.2 Å². The van der Waals surface area contributed by atoms with E-state index >= 15 is 0 Å². The monoisotopic (exact) mass is 442 g/mol. The number of aryl methyl sites for hydroxylation is 1. The number of aromatic nitrogens is 4. The molecular weight excluding hydrogens is 420 g/mol. The van der Waals surface area contributed by atoms with Gasteiger partial charge in [-0.2, -0.15) is 4.98 Å². The van der Waals surface area contributed by atoms with Crippen molar-refractivity contribution in [2.75, 3.05) is 17.7 Å². The number of allylic oxidation sites excluding steroid dienone is 1. The van der Waals surface area contributed by atoms with Gasteiger partial charge in [0.2, 0.25) is 5.95 Å². The number of carbonyl (C=O) groups excluding carboxylic acids is 1. The first-order valence-electron chi connectivity index (χ1n) is 10.4. The Morgan fingerprint density at radius 2 is 2.00 bits per heavy atom. The van der Waals surface area contributed by atoms with Crippen molar-refractivity contribution in [1.82, 2.24) is 19.7 Å². The summed E-state index contributed by atoms with van der Waals surface area (Å²) < 4.78 is 13.0. The molecule has 1 unspecified atom stereocenters. The topological polar surface area (TPSA) is 107 Å². The van der Waals surface area contributed by atoms with Crippen molar-refractivity contribution in [3.8, 4) is 17.1 Å². The average Bonchev–Trinajstić information content (AvgIpc) is 3.45. The van der Waals surface area contributed by atoms with Gasteiger partial charge in [-0.15, -0.1) is 5.10 Å². The van der Waals surface area contributed by atoms with Crippen LogP contribution in [0.1, 0.15) is 24.5 Å². The maximum absolute atomic E-state index is 13.5. The van der Waals surface area contributed by atoms with Crippen LogP contribution in [-0.2, 0) is 4.79 Å². The number of nitrogens with one attached hydrogen (secondary N) is 2. The summed E-state index contributed by atoms with van der Waals surface area (Å²) in [7, 11) is 1.56. The van der Waals surface area contributed by atoms with Crippen LogP contribution in [0.5, 0.6) is 5.75 Å². The maximum atomic E-state index is 13.5. The van der Waals surface area contributed by atoms with Gasteiger partial charge in [-0.25, -0.2) is 4.68 Å². The van der Waals surface area contributed by atoms with Crippen LogP contribution in [0.2, 0.25) is 0 Å². The molecule has 1 amide bonds. The molecule has 2 N–H and O–H groups in total. The van der Waals surface area contributed by atoms with Gasteiger partial charge in [0.15, 0.2) is 5.82 Å². The lowest BCUT2D eigenvalue weighted by Gasteiger charge is -2.27. The Bertz CT molecular complexity index is 1360. The number of hydrogen-bond acceptors (Lipinski definition) is 7. The third kappa shape index (κ3) is 3.73. The Morgan fingerprint density at radius 3 is 2.73 bits per heavy atom. The van der Waals surface area contributed by atoms with Gasteiger partial charge in [-0.1, -0.05) is 12.1 Å². The fourth-order valence-electron chi connectivity index (χ4n) is 3.86. The minimum absolute atomic E-state index is 0.298. The predicted molar refractivity (Wildman–Crippen MR) is 123 cm³/mol. The summed E-state index contributed by atoms with van der Waals surface area (Å²) in [6.07, 6.45) is 3.39. The number of anilines is 2. The van der Waals surface area contributed by atoms with E-state index in [9.17, 15) is 4.79 Å². The molecule has 0 saturated carbocycles. The van der Waals surface area contributed by atoms with Crippen LogP contribution in [0.15, 0.2) is 76.6 Å². The number of rotatable bonds is 5. The highest BCUT2D eigenvalue weighted by atomic mass is 16.5. The Kier molecular flexibility index (Phi) is 5.14. The van der Waals surface area contributed by atoms with Gasteiger partial charge in [0, 0.05) is 23.7 Å². The van der Waals surface area contributed by atoms with E-state index in [-0.39, 0.29) is 5.91 Å². The summed E-state index contributed by atoms with van der Waals surface area (Å²) in [5.74, 6) is 2.60. The first kappa shape index (κ1) is 20.5. The second-order valence-corrected chi connectivity index (χ2v) is 7.61. The SMILES string of the molecule is COc1ccccc1NC(=O)C1=C(C)Nc2nc(-c3cccnc3)nn2C1c1ccc(C)o1. The molecule has 4 heterocycles. The van der Waals surface area contributed by atoms with Crippen LogP contribution in [0.3, 0.4) is 0 Å². The summed E-state index contributed by atoms with van der Waals surface area (Å²) in [5, 5.41) is 10.9. The van der Waals surface area contributed by atoms with Gasteiger partial charge in [-0.05, 0) is 50.2 Å². The van der Waals surface area contributed by atoms with Gasteiger partial charge in [0.1, 0.15) is 23.3 Å². The molecule has 4 aromatic rings. The van der Waals surface area contributed by atoms with E-state index in [0.717, 1.165) is 11.3 Å². The normalized spacial score (nSPS) is 15.1. The molecule has 9 heteroatoms. The van der Waals surface area contributed by atoms with Crippen molar-refractivity contribution in [3.05, 3.63) is 83.7 Å². The summed E-state index contributed by atoms with van der Waals surface area (Å²) in [4.78, 5) is 22.3. The fraction of sp³-hybridized carbons (Fsp3) is 0.167. The van der Waals surface area contributed by atoms with E-state index in [0.29, 0.717) is 40.2 Å². The molecule has 0 radical (unpaired) electrons. The standard InChI is InChI=1S/C24H22N6O3/c1-14-10-11-19(33-14)21-20(23(31)27-17-8-4-5-9-18(17)32-3)15(2)26-24-28-22(29-30(21)24)16-7-6-12-25-13-16/h4-13,21H,1-3H3,(H,27,31)(H,26,28,29). The zero-order chi connectivity index (χ0) is 22.9. The highest BCUT2D eigenvalue weighted by Crippen LogP contribution is 2.38. The highest BCUT2D eigenvalue weighted by Gasteiger charge is 2.36. The average molecular weight is 442 g/mol. The van der Waals surface area contributed by atoms with Crippen LogP contribution in [0, 0.1) is 6.92 Å². The largest absolute Gasteiger partial charge is 0.495 e. The van der Waals surface area contributed by atoms with Crippen LogP contribution in [-0.4, -0.2) is 32.8 Å². The molecule has 3 aromatic heterocycles. The van der Waals surface area contributed by atoms with Crippen LogP contribution in [0.4, 0.5) is 11.6 Å². The summed E-state index contributed by atoms with van der Waals surface area (Å²) >= 11 is 0. The Morgan fingerprint density at radius 1 is 1.15 bits per heavy atom. The first-order valence-corrected chi connectivity index (χ1v) is 10.4. The van der Waals surface area contributed by atoms with E-state index < -0.39 is 6.04 Å². The zero-order valence-corrected chi connectivity index (χ0v) is 18.4. The molecule has 1 aliphatic rings. The third-order valence-corrected chi connectivity index (χ3v) is 5.40. The number of methoxy groups -OCH3 is 1. The van der Waals surface area contributed by atoms with Crippen molar-refractivity contribution in [3.63, 3.8) is 0 Å². The smallest absolute Gasteiger partial charge is 0.256 e. The summed E-state index contributed by atoms with van der Waals surface area (Å²) in [6, 6.07) is 14.1. The minimum Gasteiger partial charge on any atom is -0.495 e. The Balaban J connectivity index is 1.59. The summed E-state index contributed by atoms with van der Waals surface area (Å²) in [5.41, 5.74) is 2.46. The number of para-hydroxylation sites is 2. The van der Waals surface area contributed by atoms with Crippen LogP contribution >= 0.6 is 0 Å². The van der Waals surface area contributed by atoms with E-state index in [2.05, 4.69) is 20.6 Å². The lowest BCUT2D eigenvalue weighted by molar-refractivity contribution is -0.113. The number of ether oxygens (including phenoxy) is 1. The fourth-order valence-corrected chi connectivity index (χ4v) is 3.86. The maximum Gasteiger partial charge on any atom is 0.256 e. The van der Waals surface area contributed by atoms with Crippen molar-refractivity contribution in [1.29, 1.82) is 0 Å². The van der Waals surface area contributed by atoms with Crippen molar-refractivity contribution >= 4 is 17.5 Å². The molecule has 1 aliphatic heterocycles. The van der Waals surface area contributed by atoms with E-state index in [1.54, 1.807) is 36.3 Å². The first-order chi connectivity index (χ1) is 16.0. The van der Waals surface area contributed by atoms with Gasteiger partial charge < -0.3 is 19.8 Å². The number of pyridine rings is 1.